The van der Waals surface area contributed by atoms with Crippen LogP contribution in [0.25, 0.3) is 27.6 Å². The number of aromatic nitrogens is 4. The summed E-state index contributed by atoms with van der Waals surface area (Å²) in [4.78, 5) is 36.5. The van der Waals surface area contributed by atoms with E-state index in [2.05, 4.69) is 32.1 Å². The van der Waals surface area contributed by atoms with Crippen molar-refractivity contribution in [3.8, 4) is 16.8 Å². The van der Waals surface area contributed by atoms with E-state index in [-0.39, 0.29) is 38.9 Å². The molecule has 0 unspecified atom stereocenters. The average Bonchev–Trinajstić information content (AvgIpc) is 3.09. The van der Waals surface area contributed by atoms with Crippen LogP contribution < -0.4 is 21.3 Å². The first-order valence-corrected chi connectivity index (χ1v) is 17.5. The Morgan fingerprint density at radius 3 is 2.46 bits per heavy atom. The first kappa shape index (κ1) is 35.4. The van der Waals surface area contributed by atoms with Gasteiger partial charge in [0.1, 0.15) is 23.1 Å². The van der Waals surface area contributed by atoms with Gasteiger partial charge < -0.3 is 24.6 Å². The Bertz CT molecular complexity index is 2260. The highest BCUT2D eigenvalue weighted by Gasteiger charge is 2.33. The number of pyridine rings is 2. The van der Waals surface area contributed by atoms with Crippen molar-refractivity contribution in [2.24, 2.45) is 7.05 Å². The van der Waals surface area contributed by atoms with Crippen LogP contribution in [0, 0.1) is 11.6 Å². The maximum Gasteiger partial charge on any atom is 0.282 e. The second-order valence-electron chi connectivity index (χ2n) is 14.7. The average molecular weight is 712 g/mol. The molecule has 0 aliphatic carbocycles. The smallest absolute Gasteiger partial charge is 0.282 e. The third kappa shape index (κ3) is 6.59. The molecule has 11 nitrogen and oxygen atoms in total. The Labute approximate surface area is 300 Å². The largest absolute Gasteiger partial charge is 0.392 e. The van der Waals surface area contributed by atoms with Crippen LogP contribution in [-0.2, 0) is 23.8 Å². The normalized spacial score (nSPS) is 17.1. The minimum absolute atomic E-state index is 0.0449. The van der Waals surface area contributed by atoms with Gasteiger partial charge in [-0.3, -0.25) is 14.5 Å². The number of fused-ring (bicyclic) bond motifs is 1. The number of aryl methyl sites for hydroxylation is 1. The number of piperazine rings is 1. The molecule has 2 aliphatic heterocycles. The fourth-order valence-corrected chi connectivity index (χ4v) is 7.12. The molecule has 1 atom stereocenters. The van der Waals surface area contributed by atoms with E-state index < -0.39 is 23.8 Å². The molecule has 2 saturated heterocycles. The molecule has 3 aromatic heterocycles. The number of ether oxygens (including phenoxy) is 1. The lowest BCUT2D eigenvalue weighted by Crippen LogP contribution is -2.60. The number of nitrogens with zero attached hydrogens (tertiary/aromatic N) is 6. The van der Waals surface area contributed by atoms with E-state index >= 15 is 8.78 Å². The van der Waals surface area contributed by atoms with E-state index in [9.17, 15) is 14.7 Å². The Hall–Kier alpha value is -4.98. The number of rotatable bonds is 8. The highest BCUT2D eigenvalue weighted by molar-refractivity contribution is 5.83. The molecule has 2 N–H and O–H groups in total. The van der Waals surface area contributed by atoms with Crippen molar-refractivity contribution >= 4 is 28.0 Å². The number of aliphatic hydroxyl groups is 1. The summed E-state index contributed by atoms with van der Waals surface area (Å²) in [5, 5.41) is 18.1. The van der Waals surface area contributed by atoms with Gasteiger partial charge >= 0.3 is 0 Å². The second kappa shape index (κ2) is 13.9. The third-order valence-corrected chi connectivity index (χ3v) is 10.2. The van der Waals surface area contributed by atoms with Gasteiger partial charge in [-0.2, -0.15) is 9.78 Å². The number of hydrogen-bond acceptors (Lipinski definition) is 9. The summed E-state index contributed by atoms with van der Waals surface area (Å²) in [6.45, 7) is 11.8. The molecular formula is C39H43F2N7O4. The highest BCUT2D eigenvalue weighted by atomic mass is 19.1. The SMILES string of the molecule is CC[C@H]1CN(C2COC2)CCN1c1ccc(Nc2cc(-c3cc(F)cc(-n4ncc5cc(C(C)(C)C)cc(F)c5c4=O)c3CO)cn(C)c2=O)nc1. The molecule has 13 heteroatoms. The zero-order valence-corrected chi connectivity index (χ0v) is 30.0. The van der Waals surface area contributed by atoms with Gasteiger partial charge in [0.25, 0.3) is 11.1 Å². The van der Waals surface area contributed by atoms with Crippen LogP contribution in [0.15, 0.2) is 70.6 Å². The van der Waals surface area contributed by atoms with Crippen LogP contribution in [0.5, 0.6) is 0 Å². The van der Waals surface area contributed by atoms with E-state index in [0.717, 1.165) is 55.7 Å². The van der Waals surface area contributed by atoms with Crippen molar-refractivity contribution < 1.29 is 18.6 Å². The lowest BCUT2D eigenvalue weighted by atomic mass is 9.86. The number of halogens is 2. The monoisotopic (exact) mass is 711 g/mol. The van der Waals surface area contributed by atoms with Gasteiger partial charge in [0.15, 0.2) is 0 Å². The molecule has 0 radical (unpaired) electrons. The topological polar surface area (TPSA) is 118 Å². The number of nitrogens with one attached hydrogen (secondary N) is 1. The van der Waals surface area contributed by atoms with Crippen LogP contribution in [0.3, 0.4) is 0 Å². The third-order valence-electron chi connectivity index (χ3n) is 10.2. The van der Waals surface area contributed by atoms with E-state index in [1.54, 1.807) is 25.4 Å². The predicted octanol–water partition coefficient (Wildman–Crippen LogP) is 5.26. The molecule has 0 spiro atoms. The summed E-state index contributed by atoms with van der Waals surface area (Å²) < 4.78 is 38.5. The first-order valence-electron chi connectivity index (χ1n) is 17.5. The fraction of sp³-hybridized carbons (Fsp3) is 0.385. The van der Waals surface area contributed by atoms with Crippen LogP contribution in [-0.4, -0.2) is 74.3 Å². The lowest BCUT2D eigenvalue weighted by Gasteiger charge is -2.47. The number of hydrogen-bond donors (Lipinski definition) is 2. The molecule has 2 aliphatic rings. The Morgan fingerprint density at radius 1 is 1.02 bits per heavy atom. The van der Waals surface area contributed by atoms with Gasteiger partial charge in [-0.25, -0.2) is 13.8 Å². The fourth-order valence-electron chi connectivity index (χ4n) is 7.12. The van der Waals surface area contributed by atoms with Crippen molar-refractivity contribution in [1.29, 1.82) is 0 Å². The van der Waals surface area contributed by atoms with Gasteiger partial charge in [0.05, 0.1) is 55.0 Å². The molecule has 5 heterocycles. The maximum absolute atomic E-state index is 15.4. The molecular weight excluding hydrogens is 668 g/mol. The van der Waals surface area contributed by atoms with Crippen LogP contribution in [0.2, 0.25) is 0 Å². The summed E-state index contributed by atoms with van der Waals surface area (Å²) >= 11 is 0. The van der Waals surface area contributed by atoms with Crippen molar-refractivity contribution in [3.05, 3.63) is 105 Å². The van der Waals surface area contributed by atoms with Gasteiger partial charge in [-0.1, -0.05) is 27.7 Å². The first-order chi connectivity index (χ1) is 24.9. The summed E-state index contributed by atoms with van der Waals surface area (Å²) in [6.07, 6.45) is 5.67. The molecule has 2 fully saturated rings. The minimum atomic E-state index is -0.792. The summed E-state index contributed by atoms with van der Waals surface area (Å²) in [5.41, 5.74) is 1.11. The standard InChI is InChI=1S/C39H43F2N7O4/c1-6-27-19-46(29-21-52-22-29)9-10-47(27)28-7-8-35(42-17-28)44-33-12-24(18-45(5)37(33)50)30-14-26(40)15-34(31(30)20-49)48-38(51)36-23(16-43-48)11-25(13-32(36)41)39(2,3)4/h7-8,11-18,27,29,49H,6,9-10,19-22H2,1-5H3,(H,42,44)/t27-/m0/s1. The van der Waals surface area contributed by atoms with Crippen LogP contribution in [0.4, 0.5) is 26.0 Å². The van der Waals surface area contributed by atoms with Crippen LogP contribution in [0.1, 0.15) is 45.2 Å². The lowest BCUT2D eigenvalue weighted by molar-refractivity contribution is -0.0698. The molecule has 2 aromatic carbocycles. The quantitative estimate of drug-likeness (QED) is 0.223. The van der Waals surface area contributed by atoms with E-state index in [1.807, 2.05) is 32.9 Å². The van der Waals surface area contributed by atoms with Gasteiger partial charge in [-0.05, 0) is 59.4 Å². The minimum Gasteiger partial charge on any atom is -0.392 e. The zero-order chi connectivity index (χ0) is 36.9. The summed E-state index contributed by atoms with van der Waals surface area (Å²) in [6, 6.07) is 11.5. The molecule has 52 heavy (non-hydrogen) atoms. The van der Waals surface area contributed by atoms with Crippen molar-refractivity contribution in [1.82, 2.24) is 24.2 Å². The Morgan fingerprint density at radius 2 is 1.81 bits per heavy atom. The van der Waals surface area contributed by atoms with E-state index in [1.165, 1.54) is 29.1 Å². The number of benzene rings is 2. The molecule has 0 bridgehead atoms. The Balaban J connectivity index is 1.20. The van der Waals surface area contributed by atoms with E-state index in [0.29, 0.717) is 34.4 Å². The number of aliphatic hydroxyl groups excluding tert-OH is 1. The predicted molar refractivity (Wildman–Crippen MR) is 198 cm³/mol. The van der Waals surface area contributed by atoms with Gasteiger partial charge in [0, 0.05) is 61.5 Å². The highest BCUT2D eigenvalue weighted by Crippen LogP contribution is 2.32. The van der Waals surface area contributed by atoms with Gasteiger partial charge in [0.2, 0.25) is 0 Å². The molecule has 5 aromatic rings. The molecule has 0 saturated carbocycles. The molecule has 7 rings (SSSR count). The number of anilines is 3. The molecule has 272 valence electrons. The van der Waals surface area contributed by atoms with Crippen molar-refractivity contribution in [2.45, 2.75) is 58.2 Å². The summed E-state index contributed by atoms with van der Waals surface area (Å²) in [5.74, 6) is -0.983. The maximum atomic E-state index is 15.4. The Kier molecular flexibility index (Phi) is 9.45. The van der Waals surface area contributed by atoms with Crippen LogP contribution >= 0.6 is 0 Å². The second-order valence-corrected chi connectivity index (χ2v) is 14.7. The zero-order valence-electron chi connectivity index (χ0n) is 30.0. The van der Waals surface area contributed by atoms with E-state index in [4.69, 9.17) is 4.74 Å². The summed E-state index contributed by atoms with van der Waals surface area (Å²) in [7, 11) is 1.57. The van der Waals surface area contributed by atoms with Crippen molar-refractivity contribution in [3.63, 3.8) is 0 Å². The van der Waals surface area contributed by atoms with Crippen molar-refractivity contribution in [2.75, 3.05) is 43.1 Å². The molecule has 0 amide bonds. The van der Waals surface area contributed by atoms with Gasteiger partial charge in [-0.15, -0.1) is 0 Å².